The van der Waals surface area contributed by atoms with Crippen LogP contribution in [0.5, 0.6) is 0 Å². The van der Waals surface area contributed by atoms with E-state index in [9.17, 15) is 6.85 Å². The average Bonchev–Trinajstić information content (AvgIpc) is 3.68. The van der Waals surface area contributed by atoms with Crippen molar-refractivity contribution in [1.29, 1.82) is 0 Å². The van der Waals surface area contributed by atoms with Gasteiger partial charge in [-0.2, -0.15) is 0 Å². The quantitative estimate of drug-likeness (QED) is 0.186. The fraction of sp³-hybridized carbons (Fsp3) is 0. The highest BCUT2D eigenvalue weighted by molar-refractivity contribution is 6.22. The van der Waals surface area contributed by atoms with Gasteiger partial charge < -0.3 is 4.42 Å². The van der Waals surface area contributed by atoms with Crippen LogP contribution in [0.15, 0.2) is 174 Å². The smallest absolute Gasteiger partial charge is 0.135 e. The predicted molar refractivity (Wildman–Crippen MR) is 190 cm³/mol. The van der Waals surface area contributed by atoms with Gasteiger partial charge in [0.1, 0.15) is 11.2 Å². The Kier molecular flexibility index (Phi) is 3.28. The Morgan fingerprint density at radius 3 is 1.60 bits per heavy atom. The first-order valence-electron chi connectivity index (χ1n) is 22.1. The van der Waals surface area contributed by atoms with Gasteiger partial charge in [-0.25, -0.2) is 0 Å². The Bertz CT molecular complexity index is 3330. The van der Waals surface area contributed by atoms with Gasteiger partial charge in [0.25, 0.3) is 0 Å². The molecule has 0 saturated heterocycles. The second-order valence-corrected chi connectivity index (χ2v) is 10.4. The summed E-state index contributed by atoms with van der Waals surface area (Å²) in [4.78, 5) is 0. The van der Waals surface area contributed by atoms with E-state index in [0.717, 1.165) is 0 Å². The molecule has 210 valence electrons. The third-order valence-corrected chi connectivity index (χ3v) is 7.91. The van der Waals surface area contributed by atoms with E-state index in [0.29, 0.717) is 43.8 Å². The second-order valence-electron chi connectivity index (χ2n) is 10.4. The first-order chi connectivity index (χ1) is 29.0. The minimum atomic E-state index is -0.654. The third-order valence-electron chi connectivity index (χ3n) is 7.91. The first kappa shape index (κ1) is 14.2. The lowest BCUT2D eigenvalue weighted by Crippen LogP contribution is -1.92. The molecule has 0 radical (unpaired) electrons. The molecule has 0 spiro atoms. The molecular weight excluding hydrogens is 544 g/mol. The van der Waals surface area contributed by atoms with Crippen LogP contribution >= 0.6 is 0 Å². The van der Waals surface area contributed by atoms with Crippen LogP contribution in [0.4, 0.5) is 0 Å². The molecule has 1 aromatic heterocycles. The van der Waals surface area contributed by atoms with Crippen molar-refractivity contribution >= 4 is 43.5 Å². The first-order valence-corrected chi connectivity index (χ1v) is 14.1. The molecule has 0 atom stereocenters. The molecule has 0 bridgehead atoms. The van der Waals surface area contributed by atoms with Gasteiger partial charge in [0.05, 0.1) is 21.9 Å². The standard InChI is InChI=1S/C44H28O/c1-2-12-30(13-3-1)33-14-4-5-16-35(33)44-38-19-8-6-17-36(38)43(37-18-7-9-20-39(37)44)31-24-22-29(23-25-31)32-26-27-42-40(28-32)34-15-10-11-21-41(34)45-42/h1-28H/i1D,2D,3D,10D,11D,12D,13D,15D,21D,22D,23D,24D,25D,26D,27D,28D. The SMILES string of the molecule is [2H]c1c([2H])c([2H])c(-c2ccccc2-c2c3ccccc3c(-c3c([2H])c([2H])c(-c4c([2H])c([2H])c5oc6c([2H])c([2H])c([2H])c([2H])c6c5c4[2H])c([2H])c3[2H])c3ccccc23)c([2H])c1[2H]. The Labute approximate surface area is 284 Å². The Morgan fingerprint density at radius 2 is 0.889 bits per heavy atom. The van der Waals surface area contributed by atoms with E-state index >= 15 is 0 Å². The van der Waals surface area contributed by atoms with E-state index in [-0.39, 0.29) is 45.2 Å². The molecule has 0 aliphatic carbocycles. The lowest BCUT2D eigenvalue weighted by atomic mass is 9.83. The average molecular weight is 589 g/mol. The van der Waals surface area contributed by atoms with Crippen LogP contribution in [0.1, 0.15) is 21.9 Å². The van der Waals surface area contributed by atoms with Crippen molar-refractivity contribution in [3.63, 3.8) is 0 Å². The van der Waals surface area contributed by atoms with Crippen LogP contribution in [0, 0.1) is 0 Å². The van der Waals surface area contributed by atoms with Crippen LogP contribution < -0.4 is 0 Å². The number of hydrogen-bond donors (Lipinski definition) is 0. The zero-order chi connectivity index (χ0) is 43.7. The summed E-state index contributed by atoms with van der Waals surface area (Å²) in [5.74, 6) is 0. The molecule has 1 heteroatoms. The normalized spacial score (nSPS) is 16.5. The molecule has 0 aliphatic rings. The zero-order valence-electron chi connectivity index (χ0n) is 39.3. The number of rotatable bonds is 4. The molecule has 0 fully saturated rings. The number of para-hydroxylation sites is 1. The van der Waals surface area contributed by atoms with Gasteiger partial charge in [0, 0.05) is 10.8 Å². The summed E-state index contributed by atoms with van der Waals surface area (Å²) in [5, 5.41) is 1.78. The number of furan rings is 1. The van der Waals surface area contributed by atoms with Crippen LogP contribution in [0.25, 0.3) is 88.0 Å². The summed E-state index contributed by atoms with van der Waals surface area (Å²) in [7, 11) is 0. The maximum Gasteiger partial charge on any atom is 0.135 e. The van der Waals surface area contributed by atoms with Crippen LogP contribution in [-0.4, -0.2) is 0 Å². The van der Waals surface area contributed by atoms with Crippen LogP contribution in [0.2, 0.25) is 0 Å². The number of benzene rings is 8. The Hall–Kier alpha value is -5.92. The fourth-order valence-electron chi connectivity index (χ4n) is 5.98. The summed E-state index contributed by atoms with van der Waals surface area (Å²) in [6.07, 6.45) is 0. The molecule has 45 heavy (non-hydrogen) atoms. The molecule has 0 aliphatic heterocycles. The van der Waals surface area contributed by atoms with Crippen molar-refractivity contribution in [3.8, 4) is 44.5 Å². The summed E-state index contributed by atoms with van der Waals surface area (Å²) < 4.78 is 146. The maximum atomic E-state index is 9.48. The van der Waals surface area contributed by atoms with Crippen molar-refractivity contribution in [3.05, 3.63) is 169 Å². The fourth-order valence-corrected chi connectivity index (χ4v) is 5.98. The van der Waals surface area contributed by atoms with Crippen molar-refractivity contribution in [2.75, 3.05) is 0 Å². The Morgan fingerprint density at radius 1 is 0.356 bits per heavy atom. The van der Waals surface area contributed by atoms with Crippen LogP contribution in [0.3, 0.4) is 0 Å². The lowest BCUT2D eigenvalue weighted by molar-refractivity contribution is 0.669. The molecule has 8 aromatic carbocycles. The van der Waals surface area contributed by atoms with Gasteiger partial charge >= 0.3 is 0 Å². The molecule has 9 rings (SSSR count). The topological polar surface area (TPSA) is 13.1 Å². The third kappa shape index (κ3) is 4.17. The lowest BCUT2D eigenvalue weighted by Gasteiger charge is -2.19. The van der Waals surface area contributed by atoms with Gasteiger partial charge in [-0.05, 0) is 84.2 Å². The minimum absolute atomic E-state index is 0.00865. The summed E-state index contributed by atoms with van der Waals surface area (Å²) in [5.41, 5.74) is 0.236. The summed E-state index contributed by atoms with van der Waals surface area (Å²) in [6.45, 7) is 0. The van der Waals surface area contributed by atoms with Gasteiger partial charge in [0.2, 0.25) is 0 Å². The van der Waals surface area contributed by atoms with Crippen molar-refractivity contribution < 1.29 is 26.3 Å². The van der Waals surface area contributed by atoms with Crippen molar-refractivity contribution in [2.24, 2.45) is 0 Å². The zero-order valence-corrected chi connectivity index (χ0v) is 23.3. The Balaban J connectivity index is 1.36. The largest absolute Gasteiger partial charge is 0.456 e. The molecule has 1 nitrogen and oxygen atoms in total. The monoisotopic (exact) mass is 588 g/mol. The minimum Gasteiger partial charge on any atom is -0.456 e. The number of hydrogen-bond acceptors (Lipinski definition) is 1. The molecule has 0 N–H and O–H groups in total. The molecule has 0 amide bonds. The number of fused-ring (bicyclic) bond motifs is 5. The second kappa shape index (κ2) is 10.4. The van der Waals surface area contributed by atoms with Crippen molar-refractivity contribution in [1.82, 2.24) is 0 Å². The van der Waals surface area contributed by atoms with E-state index < -0.39 is 95.7 Å². The van der Waals surface area contributed by atoms with E-state index in [2.05, 4.69) is 0 Å². The van der Waals surface area contributed by atoms with Gasteiger partial charge in [-0.15, -0.1) is 0 Å². The molecule has 1 heterocycles. The van der Waals surface area contributed by atoms with Crippen molar-refractivity contribution in [2.45, 2.75) is 0 Å². The molecule has 0 saturated carbocycles. The maximum absolute atomic E-state index is 9.48. The van der Waals surface area contributed by atoms with Gasteiger partial charge in [0.15, 0.2) is 0 Å². The molecule has 9 aromatic rings. The highest BCUT2D eigenvalue weighted by Gasteiger charge is 2.18. The molecule has 0 unspecified atom stereocenters. The van der Waals surface area contributed by atoms with E-state index in [1.807, 2.05) is 12.1 Å². The van der Waals surface area contributed by atoms with E-state index in [1.54, 1.807) is 60.7 Å². The summed E-state index contributed by atoms with van der Waals surface area (Å²) >= 11 is 0. The van der Waals surface area contributed by atoms with Crippen LogP contribution in [-0.2, 0) is 0 Å². The van der Waals surface area contributed by atoms with E-state index in [4.69, 9.17) is 19.5 Å². The predicted octanol–water partition coefficient (Wildman–Crippen LogP) is 12.6. The summed E-state index contributed by atoms with van der Waals surface area (Å²) in [6, 6.07) is 12.6. The van der Waals surface area contributed by atoms with E-state index in [1.165, 1.54) is 0 Å². The highest BCUT2D eigenvalue weighted by Crippen LogP contribution is 2.46. The highest BCUT2D eigenvalue weighted by atomic mass is 16.3. The van der Waals surface area contributed by atoms with Gasteiger partial charge in [-0.3, -0.25) is 0 Å². The molecular formula is C44H28O. The van der Waals surface area contributed by atoms with Gasteiger partial charge in [-0.1, -0.05) is 151 Å².